The largest absolute Gasteiger partial charge is 0.496 e. The van der Waals surface area contributed by atoms with E-state index in [2.05, 4.69) is 62.4 Å². The van der Waals surface area contributed by atoms with Crippen molar-refractivity contribution in [1.29, 1.82) is 0 Å². The van der Waals surface area contributed by atoms with Gasteiger partial charge in [0, 0.05) is 125 Å². The number of aliphatic hydroxyl groups excluding tert-OH is 4. The third-order valence-electron chi connectivity index (χ3n) is 26.4. The Hall–Kier alpha value is -8.12. The number of nitrogens with one attached hydrogen (secondary N) is 3. The van der Waals surface area contributed by atoms with E-state index in [1.165, 1.54) is 12.8 Å². The predicted molar refractivity (Wildman–Crippen MR) is 463 cm³/mol. The summed E-state index contributed by atoms with van der Waals surface area (Å²) in [7, 11) is 22.0. The molecule has 8 fully saturated rings. The first-order valence-electron chi connectivity index (χ1n) is 41.3. The van der Waals surface area contributed by atoms with Crippen molar-refractivity contribution in [3.63, 3.8) is 0 Å². The summed E-state index contributed by atoms with van der Waals surface area (Å²) in [5.74, 6) is 0.975. The van der Waals surface area contributed by atoms with Crippen molar-refractivity contribution in [2.45, 2.75) is 174 Å². The highest BCUT2D eigenvalue weighted by Gasteiger charge is 2.59. The summed E-state index contributed by atoms with van der Waals surface area (Å²) >= 11 is 0. The Balaban J connectivity index is 0.000000232. The third kappa shape index (κ3) is 20.7. The van der Waals surface area contributed by atoms with Crippen molar-refractivity contribution < 1.29 is 73.3 Å². The molecule has 8 aliphatic rings. The second-order valence-corrected chi connectivity index (χ2v) is 35.5. The lowest BCUT2D eigenvalue weighted by Gasteiger charge is -2.62. The number of methoxy groups -OCH3 is 4. The van der Waals surface area contributed by atoms with Gasteiger partial charge in [0.2, 0.25) is 11.8 Å². The van der Waals surface area contributed by atoms with Gasteiger partial charge >= 0.3 is 5.97 Å². The maximum atomic E-state index is 14.3. The number of benzene rings is 6. The van der Waals surface area contributed by atoms with E-state index >= 15 is 0 Å². The number of likely N-dealkylation sites (N-methyl/N-ethyl adjacent to an activating group) is 2. The van der Waals surface area contributed by atoms with Crippen molar-refractivity contribution in [3.05, 3.63) is 167 Å². The first-order valence-corrected chi connectivity index (χ1v) is 41.3. The van der Waals surface area contributed by atoms with Gasteiger partial charge in [-0.2, -0.15) is 10.1 Å². The van der Waals surface area contributed by atoms with Crippen LogP contribution in [0.2, 0.25) is 0 Å². The fourth-order valence-electron chi connectivity index (χ4n) is 19.7. The van der Waals surface area contributed by atoms with Gasteiger partial charge < -0.3 is 85.8 Å². The summed E-state index contributed by atoms with van der Waals surface area (Å²) < 4.78 is 23.4. The van der Waals surface area contributed by atoms with Crippen LogP contribution in [0.25, 0.3) is 22.3 Å². The Bertz CT molecular complexity index is 4300. The lowest BCUT2D eigenvalue weighted by atomic mass is 9.45. The number of para-hydroxylation sites is 2. The molecule has 0 spiro atoms. The van der Waals surface area contributed by atoms with E-state index in [9.17, 15) is 44.7 Å². The van der Waals surface area contributed by atoms with Crippen LogP contribution in [0.3, 0.4) is 0 Å². The molecule has 20 atom stereocenters. The number of aliphatic hydroxyl groups is 4. The van der Waals surface area contributed by atoms with Gasteiger partial charge in [-0.3, -0.25) is 24.1 Å². The molecule has 0 unspecified atom stereocenters. The van der Waals surface area contributed by atoms with Gasteiger partial charge in [-0.1, -0.05) is 146 Å². The number of carbonyl (C=O) groups is 4. The van der Waals surface area contributed by atoms with Crippen molar-refractivity contribution in [1.82, 2.24) is 35.9 Å². The average molecular weight is 1630 g/mol. The highest BCUT2D eigenvalue weighted by Crippen LogP contribution is 2.62. The molecule has 0 radical (unpaired) electrons. The molecule has 6 aromatic rings. The number of carbonyl (C=O) groups excluding carboxylic acids is 3. The molecule has 2 saturated heterocycles. The summed E-state index contributed by atoms with van der Waals surface area (Å²) in [5.41, 5.74) is 15.3. The molecule has 6 aliphatic carbocycles. The van der Waals surface area contributed by atoms with E-state index in [0.29, 0.717) is 75.8 Å². The van der Waals surface area contributed by atoms with Crippen molar-refractivity contribution in [2.75, 3.05) is 121 Å². The number of ether oxygens (including phenoxy) is 4. The molecule has 10 N–H and O–H groups in total. The second-order valence-electron chi connectivity index (χ2n) is 35.5. The van der Waals surface area contributed by atoms with E-state index in [4.69, 9.17) is 34.4 Å². The molecule has 25 heteroatoms. The first kappa shape index (κ1) is 93.7. The number of fused-ring (bicyclic) bond motifs is 4. The highest BCUT2D eigenvalue weighted by atomic mass is 16.7. The summed E-state index contributed by atoms with van der Waals surface area (Å²) in [6.07, 6.45) is 0.491. The standard InChI is InChI=1S/C46H65N5O7.C34H47N3O7.C12H20N2O.CH4/c1-27-36-22-33(46(36,3)4)23-37(27)47-45(55)41-40(28(2)53)39(26-52)58-51(41)24-30-17-14-18-35(42(30)56-9)31-19-32(21-34(20-31)50(7)8)44(54)48-38(25-49(5)6)43(57-10)29-15-12-11-13-16-29;1-18-26-14-23(34(26,3)4)15-27(18)35-32(40)30-29(19(2)39)28(17-38)44-37(30)16-20-9-8-10-25(31(20)43-7)21-11-22(33(41)42)13-24(12-21)36(5)6;1-14(2)9-11(13)12(15-3)10-7-5-4-6-8-10;/h11-21,27-28,33,36-41,43,52-53H,22-26H2,1-10H3,(H,47,55)(H,48,54);8-13,18-19,23,26-30,38-39H,14-17H2,1-7H3,(H,35,40)(H,41,42);4-8,11-12H,9,13H2,1-3H3;1H4/t27-,28-,33+,36-,37-,38+,39-,40+,41-,43+;18-,19-,23+,26-,27-,28-,29+,30-;11-,12-;/m001./s1. The van der Waals surface area contributed by atoms with Gasteiger partial charge in [0.25, 0.3) is 5.91 Å². The fourth-order valence-corrected chi connectivity index (χ4v) is 19.7. The van der Waals surface area contributed by atoms with Crippen LogP contribution in [0.15, 0.2) is 133 Å². The number of anilines is 2. The normalized spacial score (nSPS) is 26.2. The van der Waals surface area contributed by atoms with Crippen LogP contribution in [-0.2, 0) is 41.8 Å². The van der Waals surface area contributed by atoms with E-state index in [-0.39, 0.29) is 104 Å². The Morgan fingerprint density at radius 1 is 0.551 bits per heavy atom. The number of aromatic carboxylic acids is 1. The smallest absolute Gasteiger partial charge is 0.335 e. The fraction of sp³-hybridized carbons (Fsp3) is 0.570. The SMILES string of the molecule is C.CO[C@H](c1ccccc1)[C@H](N)CN(C)C.COc1c(CN2O[C@@H](CO)[C@@H]([C@H](C)O)[C@H]2C(=O)N[C@H]2C[C@H]3C[C@@H]([C@@H]2C)C3(C)C)cccc1-c1cc(C(=O)N[C@H](CN(C)C)[C@H](OC)c2ccccc2)cc(N(C)C)c1.COc1c(CN2O[C@@H](CO)[C@@H]([C@H](C)O)[C@H]2C(=O)N[C@H]2C[C@H]3C[C@@H]([C@@H]2C)C3(C)C)cccc1-c1cc(C(=O)O)cc(N(C)C)c1. The van der Waals surface area contributed by atoms with E-state index in [0.717, 1.165) is 58.6 Å². The molecule has 648 valence electrons. The molecule has 3 amide bonds. The number of amides is 3. The Kier molecular flexibility index (Phi) is 32.2. The maximum Gasteiger partial charge on any atom is 0.335 e. The quantitative estimate of drug-likeness (QED) is 0.0195. The number of hydrogen-bond donors (Lipinski definition) is 9. The lowest BCUT2D eigenvalue weighted by molar-refractivity contribution is -0.183. The number of hydroxylamine groups is 4. The highest BCUT2D eigenvalue weighted by molar-refractivity contribution is 5.97. The minimum atomic E-state index is -1.03. The van der Waals surface area contributed by atoms with Crippen LogP contribution >= 0.6 is 0 Å². The maximum absolute atomic E-state index is 14.3. The molecular weight excluding hydrogens is 1500 g/mol. The zero-order chi connectivity index (χ0) is 85.4. The van der Waals surface area contributed by atoms with Gasteiger partial charge in [0.1, 0.15) is 41.9 Å². The molecular formula is C93H136N10O15. The lowest BCUT2D eigenvalue weighted by Crippen LogP contribution is -2.62. The number of rotatable bonds is 31. The Morgan fingerprint density at radius 3 is 1.30 bits per heavy atom. The molecule has 6 aromatic carbocycles. The Morgan fingerprint density at radius 2 is 0.949 bits per heavy atom. The number of carboxylic acid groups (broad SMARTS) is 1. The van der Waals surface area contributed by atoms with Gasteiger partial charge in [-0.25, -0.2) is 4.79 Å². The van der Waals surface area contributed by atoms with Crippen LogP contribution in [0, 0.1) is 58.2 Å². The number of carboxylic acids is 1. The zero-order valence-corrected chi connectivity index (χ0v) is 72.4. The summed E-state index contributed by atoms with van der Waals surface area (Å²) in [6.45, 7) is 18.0. The number of hydrogen-bond acceptors (Lipinski definition) is 21. The van der Waals surface area contributed by atoms with E-state index in [1.807, 2.05) is 192 Å². The predicted octanol–water partition coefficient (Wildman–Crippen LogP) is 10.8. The first-order chi connectivity index (χ1) is 55.5. The minimum Gasteiger partial charge on any atom is -0.496 e. The molecule has 118 heavy (non-hydrogen) atoms. The van der Waals surface area contributed by atoms with Gasteiger partial charge in [-0.15, -0.1) is 0 Å². The van der Waals surface area contributed by atoms with Gasteiger partial charge in [0.15, 0.2) is 0 Å². The molecule has 14 rings (SSSR count). The van der Waals surface area contributed by atoms with Crippen molar-refractivity contribution in [3.8, 4) is 33.8 Å². The molecule has 4 bridgehead atoms. The van der Waals surface area contributed by atoms with Crippen LogP contribution in [0.4, 0.5) is 11.4 Å². The molecule has 2 heterocycles. The van der Waals surface area contributed by atoms with E-state index < -0.39 is 54.3 Å². The summed E-state index contributed by atoms with van der Waals surface area (Å²) in [4.78, 5) is 74.9. The van der Waals surface area contributed by atoms with Crippen molar-refractivity contribution >= 4 is 35.1 Å². The number of nitrogens with zero attached hydrogens (tertiary/aromatic N) is 6. The van der Waals surface area contributed by atoms with Gasteiger partial charge in [0.05, 0.1) is 70.4 Å². The Labute approximate surface area is 700 Å². The van der Waals surface area contributed by atoms with Crippen LogP contribution in [0.1, 0.15) is 144 Å². The van der Waals surface area contributed by atoms with Gasteiger partial charge in [-0.05, 0) is 173 Å². The minimum absolute atomic E-state index is 0. The van der Waals surface area contributed by atoms with Crippen molar-refractivity contribution in [2.24, 2.45) is 63.9 Å². The molecule has 2 aliphatic heterocycles. The molecule has 6 saturated carbocycles. The van der Waals surface area contributed by atoms with Crippen LogP contribution in [-0.4, -0.2) is 241 Å². The second kappa shape index (κ2) is 40.5. The third-order valence-corrected chi connectivity index (χ3v) is 26.4. The summed E-state index contributed by atoms with van der Waals surface area (Å²) in [6, 6.07) is 40.3. The zero-order valence-electron chi connectivity index (χ0n) is 72.4. The van der Waals surface area contributed by atoms with Crippen LogP contribution in [0.5, 0.6) is 11.5 Å². The average Bonchev–Trinajstić information content (AvgIpc) is 1.22. The van der Waals surface area contributed by atoms with E-state index in [1.54, 1.807) is 64.5 Å². The van der Waals surface area contributed by atoms with Crippen LogP contribution < -0.4 is 41.0 Å². The summed E-state index contributed by atoms with van der Waals surface area (Å²) in [5, 5.41) is 65.2. The monoisotopic (exact) mass is 1630 g/mol. The number of nitrogens with two attached hydrogens (primary N) is 1. The topological polar surface area (TPSA) is 306 Å². The molecule has 0 aromatic heterocycles. The molecule has 25 nitrogen and oxygen atoms in total.